The van der Waals surface area contributed by atoms with E-state index in [-0.39, 0.29) is 17.7 Å². The highest BCUT2D eigenvalue weighted by molar-refractivity contribution is 5.83. The summed E-state index contributed by atoms with van der Waals surface area (Å²) in [5.41, 5.74) is 5.93. The van der Waals surface area contributed by atoms with E-state index in [0.717, 1.165) is 31.6 Å². The average molecular weight is 221 g/mol. The lowest BCUT2D eigenvalue weighted by Crippen LogP contribution is -2.32. The highest BCUT2D eigenvalue weighted by Crippen LogP contribution is 2.25. The van der Waals surface area contributed by atoms with E-state index in [2.05, 4.69) is 11.9 Å². The Morgan fingerprint density at radius 2 is 2.44 bits per heavy atom. The van der Waals surface area contributed by atoms with Gasteiger partial charge >= 0.3 is 0 Å². The summed E-state index contributed by atoms with van der Waals surface area (Å²) >= 11 is 0. The first-order valence-electron chi connectivity index (χ1n) is 6.00. The number of imidazole rings is 1. The second kappa shape index (κ2) is 4.78. The van der Waals surface area contributed by atoms with Crippen LogP contribution in [0.4, 0.5) is 0 Å². The van der Waals surface area contributed by atoms with Crippen molar-refractivity contribution in [3.05, 3.63) is 18.2 Å². The number of ketones is 1. The predicted molar refractivity (Wildman–Crippen MR) is 61.9 cm³/mol. The number of nitrogens with zero attached hydrogens (tertiary/aromatic N) is 2. The fraction of sp³-hybridized carbons (Fsp3) is 0.667. The van der Waals surface area contributed by atoms with E-state index in [1.807, 2.05) is 10.8 Å². The fourth-order valence-corrected chi connectivity index (χ4v) is 2.47. The number of Topliss-reactive ketones (excluding diaryl/α,β-unsaturated/α-hetero) is 1. The SMILES string of the molecule is CCn1ccnc1CC(=O)C1CCCC1N. The van der Waals surface area contributed by atoms with Gasteiger partial charge in [0.25, 0.3) is 0 Å². The van der Waals surface area contributed by atoms with Crippen molar-refractivity contribution in [3.8, 4) is 0 Å². The van der Waals surface area contributed by atoms with Gasteiger partial charge in [-0.2, -0.15) is 0 Å². The van der Waals surface area contributed by atoms with Crippen LogP contribution in [0.3, 0.4) is 0 Å². The normalized spacial score (nSPS) is 24.9. The molecular formula is C12H19N3O. The zero-order chi connectivity index (χ0) is 11.5. The van der Waals surface area contributed by atoms with Gasteiger partial charge in [0.15, 0.2) is 0 Å². The molecule has 1 aromatic heterocycles. The van der Waals surface area contributed by atoms with Crippen LogP contribution in [0, 0.1) is 5.92 Å². The molecule has 2 atom stereocenters. The van der Waals surface area contributed by atoms with Crippen molar-refractivity contribution in [2.45, 2.75) is 45.2 Å². The topological polar surface area (TPSA) is 60.9 Å². The Balaban J connectivity index is 2.02. The number of hydrogen-bond acceptors (Lipinski definition) is 3. The number of aryl methyl sites for hydroxylation is 1. The molecule has 1 aromatic rings. The van der Waals surface area contributed by atoms with E-state index in [4.69, 9.17) is 5.73 Å². The molecule has 0 amide bonds. The van der Waals surface area contributed by atoms with Crippen LogP contribution in [0.1, 0.15) is 32.0 Å². The molecule has 4 nitrogen and oxygen atoms in total. The summed E-state index contributed by atoms with van der Waals surface area (Å²) in [4.78, 5) is 16.3. The van der Waals surface area contributed by atoms with Crippen molar-refractivity contribution in [2.24, 2.45) is 11.7 Å². The van der Waals surface area contributed by atoms with Crippen molar-refractivity contribution >= 4 is 5.78 Å². The van der Waals surface area contributed by atoms with Crippen molar-refractivity contribution in [3.63, 3.8) is 0 Å². The van der Waals surface area contributed by atoms with Crippen LogP contribution in [0.15, 0.2) is 12.4 Å². The van der Waals surface area contributed by atoms with E-state index in [1.165, 1.54) is 0 Å². The summed E-state index contributed by atoms with van der Waals surface area (Å²) in [5, 5.41) is 0. The van der Waals surface area contributed by atoms with E-state index in [9.17, 15) is 4.79 Å². The van der Waals surface area contributed by atoms with Crippen molar-refractivity contribution in [1.82, 2.24) is 9.55 Å². The quantitative estimate of drug-likeness (QED) is 0.829. The molecule has 1 heterocycles. The number of hydrogen-bond donors (Lipinski definition) is 1. The van der Waals surface area contributed by atoms with Crippen LogP contribution >= 0.6 is 0 Å². The minimum absolute atomic E-state index is 0.0574. The van der Waals surface area contributed by atoms with Crippen LogP contribution < -0.4 is 5.73 Å². The summed E-state index contributed by atoms with van der Waals surface area (Å²) in [6.45, 7) is 2.91. The van der Waals surface area contributed by atoms with E-state index >= 15 is 0 Å². The third-order valence-electron chi connectivity index (χ3n) is 3.46. The molecule has 0 aliphatic heterocycles. The standard InChI is InChI=1S/C12H19N3O/c1-2-15-7-6-14-12(15)8-11(16)9-4-3-5-10(9)13/h6-7,9-10H,2-5,8,13H2,1H3. The molecule has 0 aromatic carbocycles. The monoisotopic (exact) mass is 221 g/mol. The summed E-state index contributed by atoms with van der Waals surface area (Å²) in [5.74, 6) is 1.18. The fourth-order valence-electron chi connectivity index (χ4n) is 2.47. The maximum Gasteiger partial charge on any atom is 0.145 e. The van der Waals surface area contributed by atoms with Gasteiger partial charge in [0.2, 0.25) is 0 Å². The lowest BCUT2D eigenvalue weighted by Gasteiger charge is -2.13. The number of rotatable bonds is 4. The van der Waals surface area contributed by atoms with Gasteiger partial charge in [-0.05, 0) is 19.8 Å². The molecule has 0 bridgehead atoms. The second-order valence-corrected chi connectivity index (χ2v) is 4.47. The van der Waals surface area contributed by atoms with Crippen LogP contribution in [0.2, 0.25) is 0 Å². The maximum absolute atomic E-state index is 12.1. The molecule has 0 spiro atoms. The van der Waals surface area contributed by atoms with Crippen LogP contribution in [0.25, 0.3) is 0 Å². The molecule has 16 heavy (non-hydrogen) atoms. The zero-order valence-corrected chi connectivity index (χ0v) is 9.72. The lowest BCUT2D eigenvalue weighted by molar-refractivity contribution is -0.122. The van der Waals surface area contributed by atoms with Gasteiger partial charge in [-0.1, -0.05) is 6.42 Å². The Morgan fingerprint density at radius 1 is 1.62 bits per heavy atom. The molecule has 1 saturated carbocycles. The maximum atomic E-state index is 12.1. The Hall–Kier alpha value is -1.16. The number of carbonyl (C=O) groups is 1. The number of carbonyl (C=O) groups excluding carboxylic acids is 1. The molecule has 2 N–H and O–H groups in total. The Kier molecular flexibility index (Phi) is 3.39. The van der Waals surface area contributed by atoms with E-state index in [0.29, 0.717) is 6.42 Å². The molecule has 2 rings (SSSR count). The van der Waals surface area contributed by atoms with Gasteiger partial charge in [-0.3, -0.25) is 4.79 Å². The zero-order valence-electron chi connectivity index (χ0n) is 9.72. The molecule has 4 heteroatoms. The summed E-state index contributed by atoms with van der Waals surface area (Å²) in [6, 6.07) is 0.0672. The van der Waals surface area contributed by atoms with E-state index < -0.39 is 0 Å². The average Bonchev–Trinajstić information content (AvgIpc) is 2.86. The first kappa shape index (κ1) is 11.3. The van der Waals surface area contributed by atoms with Gasteiger partial charge in [-0.25, -0.2) is 4.98 Å². The van der Waals surface area contributed by atoms with Crippen molar-refractivity contribution in [2.75, 3.05) is 0 Å². The highest BCUT2D eigenvalue weighted by Gasteiger charge is 2.30. The molecule has 0 saturated heterocycles. The van der Waals surface area contributed by atoms with Gasteiger partial charge in [0.05, 0.1) is 6.42 Å². The first-order valence-corrected chi connectivity index (χ1v) is 6.00. The largest absolute Gasteiger partial charge is 0.335 e. The molecule has 1 fully saturated rings. The van der Waals surface area contributed by atoms with Gasteiger partial charge in [0.1, 0.15) is 11.6 Å². The minimum atomic E-state index is 0.0574. The lowest BCUT2D eigenvalue weighted by atomic mass is 9.96. The molecule has 1 aliphatic carbocycles. The molecular weight excluding hydrogens is 202 g/mol. The van der Waals surface area contributed by atoms with Gasteiger partial charge in [0, 0.05) is 30.9 Å². The predicted octanol–water partition coefficient (Wildman–Crippen LogP) is 1.14. The molecule has 88 valence electrons. The van der Waals surface area contributed by atoms with E-state index in [1.54, 1.807) is 6.20 Å². The number of nitrogens with two attached hydrogens (primary N) is 1. The summed E-state index contributed by atoms with van der Waals surface area (Å²) in [7, 11) is 0. The second-order valence-electron chi connectivity index (χ2n) is 4.47. The molecule has 0 radical (unpaired) electrons. The molecule has 2 unspecified atom stereocenters. The van der Waals surface area contributed by atoms with Gasteiger partial charge in [-0.15, -0.1) is 0 Å². The Morgan fingerprint density at radius 3 is 3.06 bits per heavy atom. The number of aromatic nitrogens is 2. The minimum Gasteiger partial charge on any atom is -0.335 e. The highest BCUT2D eigenvalue weighted by atomic mass is 16.1. The van der Waals surface area contributed by atoms with Crippen molar-refractivity contribution < 1.29 is 4.79 Å². The van der Waals surface area contributed by atoms with Crippen LogP contribution in [0.5, 0.6) is 0 Å². The summed E-state index contributed by atoms with van der Waals surface area (Å²) < 4.78 is 2.01. The summed E-state index contributed by atoms with van der Waals surface area (Å²) in [6.07, 6.45) is 7.11. The van der Waals surface area contributed by atoms with Crippen molar-refractivity contribution in [1.29, 1.82) is 0 Å². The Bertz CT molecular complexity index is 372. The Labute approximate surface area is 95.9 Å². The molecule has 1 aliphatic rings. The van der Waals surface area contributed by atoms with Crippen LogP contribution in [-0.2, 0) is 17.8 Å². The van der Waals surface area contributed by atoms with Crippen LogP contribution in [-0.4, -0.2) is 21.4 Å². The third kappa shape index (κ3) is 2.16. The first-order chi connectivity index (χ1) is 7.72. The van der Waals surface area contributed by atoms with Gasteiger partial charge < -0.3 is 10.3 Å². The smallest absolute Gasteiger partial charge is 0.145 e. The third-order valence-corrected chi connectivity index (χ3v) is 3.46.